The summed E-state index contributed by atoms with van der Waals surface area (Å²) in [4.78, 5) is 0. The molecule has 1 atom stereocenters. The number of hydrogen-bond acceptors (Lipinski definition) is 1. The summed E-state index contributed by atoms with van der Waals surface area (Å²) in [5.74, 6) is -3.88. The van der Waals surface area contributed by atoms with E-state index in [0.717, 1.165) is 5.56 Å². The lowest BCUT2D eigenvalue weighted by Crippen LogP contribution is -2.56. The molecule has 0 saturated carbocycles. The molecule has 1 aromatic carbocycles. The van der Waals surface area contributed by atoms with E-state index >= 15 is 0 Å². The molecule has 0 amide bonds. The van der Waals surface area contributed by atoms with E-state index in [-0.39, 0.29) is 5.75 Å². The molecule has 0 aliphatic rings. The van der Waals surface area contributed by atoms with Gasteiger partial charge in [-0.3, -0.25) is 0 Å². The normalized spacial score (nSPS) is 15.1. The smallest absolute Gasteiger partial charge is 0.315 e. The molecule has 0 spiro atoms. The Morgan fingerprint density at radius 1 is 0.947 bits per heavy atom. The van der Waals surface area contributed by atoms with Crippen LogP contribution in [0.5, 0.6) is 5.75 Å². The molecule has 0 bridgehead atoms. The van der Waals surface area contributed by atoms with Gasteiger partial charge in [0, 0.05) is 0 Å². The minimum absolute atomic E-state index is 0.193. The second-order valence-electron chi connectivity index (χ2n) is 4.19. The van der Waals surface area contributed by atoms with E-state index in [2.05, 4.69) is 4.74 Å². The van der Waals surface area contributed by atoms with Gasteiger partial charge in [-0.15, -0.1) is 0 Å². The van der Waals surface area contributed by atoms with E-state index in [1.807, 2.05) is 6.92 Å². The number of halogens is 5. The fourth-order valence-corrected chi connectivity index (χ4v) is 1.45. The van der Waals surface area contributed by atoms with Crippen molar-refractivity contribution in [2.45, 2.75) is 24.9 Å². The maximum Gasteiger partial charge on any atom is 0.315 e. The van der Waals surface area contributed by atoms with E-state index in [1.54, 1.807) is 12.1 Å². The number of alkyl halides is 5. The topological polar surface area (TPSA) is 9.23 Å². The Morgan fingerprint density at radius 3 is 1.84 bits per heavy atom. The predicted octanol–water partition coefficient (Wildman–Crippen LogP) is 3.91. The molecule has 6 heteroatoms. The average molecular weight is 282 g/mol. The lowest BCUT2D eigenvalue weighted by atomic mass is 10.00. The first-order chi connectivity index (χ1) is 8.94. The largest absolute Gasteiger partial charge is 0.452 e. The van der Waals surface area contributed by atoms with Crippen molar-refractivity contribution in [3.8, 4) is 5.75 Å². The molecule has 0 aromatic heterocycles. The van der Waals surface area contributed by atoms with Gasteiger partial charge in [0.15, 0.2) is 6.67 Å². The van der Waals surface area contributed by atoms with Gasteiger partial charge >= 0.3 is 5.85 Å². The minimum Gasteiger partial charge on any atom is -0.452 e. The first-order valence-electron chi connectivity index (χ1n) is 5.78. The van der Waals surface area contributed by atoms with Gasteiger partial charge < -0.3 is 4.74 Å². The Kier molecular flexibility index (Phi) is 5.14. The zero-order valence-corrected chi connectivity index (χ0v) is 10.4. The van der Waals surface area contributed by atoms with Crippen molar-refractivity contribution >= 4 is 0 Å². The van der Waals surface area contributed by atoms with E-state index in [9.17, 15) is 22.0 Å². The Balaban J connectivity index is 2.96. The van der Waals surface area contributed by atoms with Crippen LogP contribution in [0.1, 0.15) is 12.5 Å². The summed E-state index contributed by atoms with van der Waals surface area (Å²) in [6.45, 7) is -4.14. The molecule has 0 aliphatic heterocycles. The number of aryl methyl sites for hydroxylation is 1. The molecule has 0 N–H and O–H groups in total. The first-order valence-corrected chi connectivity index (χ1v) is 5.78. The number of benzene rings is 1. The SMILES string of the molecule is CCc1ccc(OC(F)(CF)C(F)(CF)CF)cc1. The third-order valence-corrected chi connectivity index (χ3v) is 2.88. The molecule has 0 saturated heterocycles. The van der Waals surface area contributed by atoms with Crippen molar-refractivity contribution < 1.29 is 26.7 Å². The molecule has 1 rings (SSSR count). The van der Waals surface area contributed by atoms with Crippen LogP contribution < -0.4 is 4.74 Å². The molecule has 0 aliphatic carbocycles. The highest BCUT2D eigenvalue weighted by Crippen LogP contribution is 2.35. The summed E-state index contributed by atoms with van der Waals surface area (Å²) in [7, 11) is 0. The molecule has 19 heavy (non-hydrogen) atoms. The minimum atomic E-state index is -3.69. The molecule has 0 heterocycles. The zero-order valence-electron chi connectivity index (χ0n) is 10.4. The maximum atomic E-state index is 14.0. The van der Waals surface area contributed by atoms with Crippen LogP contribution in [0.4, 0.5) is 22.0 Å². The van der Waals surface area contributed by atoms with Crippen LogP contribution in [0.3, 0.4) is 0 Å². The van der Waals surface area contributed by atoms with E-state index in [4.69, 9.17) is 0 Å². The molecule has 0 radical (unpaired) electrons. The average Bonchev–Trinajstić information content (AvgIpc) is 2.46. The van der Waals surface area contributed by atoms with Gasteiger partial charge in [-0.25, -0.2) is 17.6 Å². The highest BCUT2D eigenvalue weighted by molar-refractivity contribution is 5.28. The number of ether oxygens (including phenoxy) is 1. The number of hydrogen-bond donors (Lipinski definition) is 0. The lowest BCUT2D eigenvalue weighted by molar-refractivity contribution is -0.197. The fraction of sp³-hybridized carbons (Fsp3) is 0.538. The zero-order chi connectivity index (χ0) is 14.5. The molecule has 1 unspecified atom stereocenters. The van der Waals surface area contributed by atoms with Gasteiger partial charge in [0.2, 0.25) is 5.67 Å². The molecule has 108 valence electrons. The summed E-state index contributed by atoms with van der Waals surface area (Å²) in [5, 5.41) is 0. The van der Waals surface area contributed by atoms with Crippen molar-refractivity contribution in [1.82, 2.24) is 0 Å². The highest BCUT2D eigenvalue weighted by Gasteiger charge is 2.57. The third-order valence-electron chi connectivity index (χ3n) is 2.88. The van der Waals surface area contributed by atoms with Gasteiger partial charge in [0.1, 0.15) is 19.1 Å². The first kappa shape index (κ1) is 15.7. The molecule has 0 fully saturated rings. The van der Waals surface area contributed by atoms with Gasteiger partial charge in [-0.2, -0.15) is 4.39 Å². The monoisotopic (exact) mass is 282 g/mol. The standard InChI is InChI=1S/C13H15F5O/c1-2-10-3-5-11(6-4-10)19-13(18,9-16)12(17,7-14)8-15/h3-6H,2,7-9H2,1H3. The summed E-state index contributed by atoms with van der Waals surface area (Å²) in [6.07, 6.45) is 0.714. The lowest BCUT2D eigenvalue weighted by Gasteiger charge is -2.33. The highest BCUT2D eigenvalue weighted by atomic mass is 19.2. The summed E-state index contributed by atoms with van der Waals surface area (Å²) in [5.41, 5.74) is -2.76. The Morgan fingerprint density at radius 2 is 1.47 bits per heavy atom. The summed E-state index contributed by atoms with van der Waals surface area (Å²) < 4.78 is 69.7. The summed E-state index contributed by atoms with van der Waals surface area (Å²) >= 11 is 0. The van der Waals surface area contributed by atoms with Gasteiger partial charge in [0.25, 0.3) is 0 Å². The van der Waals surface area contributed by atoms with Crippen LogP contribution in [-0.4, -0.2) is 31.5 Å². The van der Waals surface area contributed by atoms with E-state index in [1.165, 1.54) is 12.1 Å². The van der Waals surface area contributed by atoms with Crippen LogP contribution in [0.2, 0.25) is 0 Å². The maximum absolute atomic E-state index is 14.0. The Bertz CT molecular complexity index is 391. The molecule has 1 nitrogen and oxygen atoms in total. The van der Waals surface area contributed by atoms with Crippen LogP contribution in [0.15, 0.2) is 24.3 Å². The van der Waals surface area contributed by atoms with E-state index < -0.39 is 31.5 Å². The Labute approximate surface area is 108 Å². The summed E-state index contributed by atoms with van der Waals surface area (Å²) in [6, 6.07) is 5.72. The van der Waals surface area contributed by atoms with Crippen molar-refractivity contribution in [1.29, 1.82) is 0 Å². The van der Waals surface area contributed by atoms with Gasteiger partial charge in [-0.05, 0) is 24.1 Å². The van der Waals surface area contributed by atoms with Crippen LogP contribution >= 0.6 is 0 Å². The van der Waals surface area contributed by atoms with Crippen molar-refractivity contribution in [2.24, 2.45) is 0 Å². The molecular formula is C13H15F5O. The Hall–Kier alpha value is -1.33. The fourth-order valence-electron chi connectivity index (χ4n) is 1.45. The van der Waals surface area contributed by atoms with Crippen molar-refractivity contribution in [2.75, 3.05) is 20.0 Å². The second-order valence-corrected chi connectivity index (χ2v) is 4.19. The van der Waals surface area contributed by atoms with Crippen molar-refractivity contribution in [3.63, 3.8) is 0 Å². The third kappa shape index (κ3) is 3.16. The van der Waals surface area contributed by atoms with Crippen LogP contribution in [0.25, 0.3) is 0 Å². The van der Waals surface area contributed by atoms with Gasteiger partial charge in [-0.1, -0.05) is 19.1 Å². The van der Waals surface area contributed by atoms with Gasteiger partial charge in [0.05, 0.1) is 0 Å². The van der Waals surface area contributed by atoms with Crippen LogP contribution in [0, 0.1) is 0 Å². The quantitative estimate of drug-likeness (QED) is 0.689. The second kappa shape index (κ2) is 6.21. The molecular weight excluding hydrogens is 267 g/mol. The van der Waals surface area contributed by atoms with Crippen LogP contribution in [-0.2, 0) is 6.42 Å². The van der Waals surface area contributed by atoms with Crippen molar-refractivity contribution in [3.05, 3.63) is 29.8 Å². The predicted molar refractivity (Wildman–Crippen MR) is 62.1 cm³/mol. The van der Waals surface area contributed by atoms with E-state index in [0.29, 0.717) is 6.42 Å². The molecule has 1 aromatic rings. The number of rotatable bonds is 7.